The van der Waals surface area contributed by atoms with E-state index in [1.54, 1.807) is 11.8 Å². The van der Waals surface area contributed by atoms with Gasteiger partial charge in [-0.05, 0) is 42.2 Å². The molecule has 3 aromatic rings. The molecule has 0 spiro atoms. The van der Waals surface area contributed by atoms with E-state index in [9.17, 15) is 4.79 Å². The second-order valence-corrected chi connectivity index (χ2v) is 8.45. The summed E-state index contributed by atoms with van der Waals surface area (Å²) in [6, 6.07) is 18.8. The fraction of sp³-hybridized carbons (Fsp3) is 0.360. The van der Waals surface area contributed by atoms with Gasteiger partial charge in [-0.3, -0.25) is 14.4 Å². The van der Waals surface area contributed by atoms with Gasteiger partial charge in [-0.2, -0.15) is 5.10 Å². The number of likely N-dealkylation sites (tertiary alicyclic amines) is 1. The molecule has 0 saturated carbocycles. The summed E-state index contributed by atoms with van der Waals surface area (Å²) < 4.78 is 7.02. The van der Waals surface area contributed by atoms with E-state index in [0.29, 0.717) is 11.7 Å². The molecule has 5 rings (SSSR count). The number of hydrogen-bond donors (Lipinski definition) is 0. The number of nitrogens with zero attached hydrogens (tertiary/aromatic N) is 4. The van der Waals surface area contributed by atoms with Gasteiger partial charge < -0.3 is 9.64 Å². The SMILES string of the molecule is COc1cccc(-c2cc(C(=O)N3CCC(N4CCc5ccccc5C4)C3)n(C)n2)c1. The maximum atomic E-state index is 13.3. The lowest BCUT2D eigenvalue weighted by Gasteiger charge is -2.33. The van der Waals surface area contributed by atoms with E-state index in [1.807, 2.05) is 42.3 Å². The van der Waals surface area contributed by atoms with Gasteiger partial charge in [-0.25, -0.2) is 0 Å². The molecule has 1 amide bonds. The lowest BCUT2D eigenvalue weighted by Crippen LogP contribution is -2.41. The molecule has 6 nitrogen and oxygen atoms in total. The average Bonchev–Trinajstić information content (AvgIpc) is 3.46. The van der Waals surface area contributed by atoms with Crippen molar-refractivity contribution in [2.45, 2.75) is 25.4 Å². The topological polar surface area (TPSA) is 50.6 Å². The number of amides is 1. The highest BCUT2D eigenvalue weighted by molar-refractivity contribution is 5.94. The van der Waals surface area contributed by atoms with Gasteiger partial charge in [0.25, 0.3) is 5.91 Å². The summed E-state index contributed by atoms with van der Waals surface area (Å²) in [5.41, 5.74) is 5.24. The normalized spacial score (nSPS) is 18.8. The molecule has 0 radical (unpaired) electrons. The summed E-state index contributed by atoms with van der Waals surface area (Å²) in [4.78, 5) is 17.8. The number of aromatic nitrogens is 2. The van der Waals surface area contributed by atoms with Crippen LogP contribution in [0.5, 0.6) is 5.75 Å². The molecule has 1 fully saturated rings. The van der Waals surface area contributed by atoms with Crippen LogP contribution in [0.3, 0.4) is 0 Å². The van der Waals surface area contributed by atoms with E-state index in [-0.39, 0.29) is 5.91 Å². The lowest BCUT2D eigenvalue weighted by molar-refractivity contribution is 0.0762. The average molecular weight is 417 g/mol. The van der Waals surface area contributed by atoms with Crippen molar-refractivity contribution in [3.63, 3.8) is 0 Å². The van der Waals surface area contributed by atoms with Crippen LogP contribution in [0.2, 0.25) is 0 Å². The molecule has 1 atom stereocenters. The zero-order chi connectivity index (χ0) is 21.4. The number of hydrogen-bond acceptors (Lipinski definition) is 4. The van der Waals surface area contributed by atoms with Crippen molar-refractivity contribution < 1.29 is 9.53 Å². The van der Waals surface area contributed by atoms with Crippen molar-refractivity contribution in [1.29, 1.82) is 0 Å². The van der Waals surface area contributed by atoms with Crippen LogP contribution < -0.4 is 4.74 Å². The number of ether oxygens (including phenoxy) is 1. The first-order valence-electron chi connectivity index (χ1n) is 10.9. The summed E-state index contributed by atoms with van der Waals surface area (Å²) in [6.07, 6.45) is 2.11. The van der Waals surface area contributed by atoms with Crippen molar-refractivity contribution in [3.8, 4) is 17.0 Å². The Hall–Kier alpha value is -3.12. The summed E-state index contributed by atoms with van der Waals surface area (Å²) in [6.45, 7) is 3.62. The Morgan fingerprint density at radius 2 is 1.90 bits per heavy atom. The zero-order valence-corrected chi connectivity index (χ0v) is 18.1. The molecule has 0 N–H and O–H groups in total. The van der Waals surface area contributed by atoms with Crippen LogP contribution in [-0.2, 0) is 20.0 Å². The van der Waals surface area contributed by atoms with E-state index in [2.05, 4.69) is 34.3 Å². The highest BCUT2D eigenvalue weighted by Gasteiger charge is 2.33. The molecular weight excluding hydrogens is 388 g/mol. The molecule has 2 aromatic carbocycles. The number of carbonyl (C=O) groups is 1. The summed E-state index contributed by atoms with van der Waals surface area (Å²) in [7, 11) is 3.49. The van der Waals surface area contributed by atoms with Crippen molar-refractivity contribution in [1.82, 2.24) is 19.6 Å². The first-order chi connectivity index (χ1) is 15.1. The monoisotopic (exact) mass is 416 g/mol. The highest BCUT2D eigenvalue weighted by Crippen LogP contribution is 2.27. The number of aryl methyl sites for hydroxylation is 1. The maximum Gasteiger partial charge on any atom is 0.272 e. The van der Waals surface area contributed by atoms with Gasteiger partial charge >= 0.3 is 0 Å². The minimum absolute atomic E-state index is 0.0593. The highest BCUT2D eigenvalue weighted by atomic mass is 16.5. The van der Waals surface area contributed by atoms with Crippen LogP contribution in [-0.4, -0.2) is 58.3 Å². The molecule has 2 aliphatic heterocycles. The number of benzene rings is 2. The Bertz CT molecular complexity index is 1110. The van der Waals surface area contributed by atoms with Crippen LogP contribution in [0.15, 0.2) is 54.6 Å². The standard InChI is InChI=1S/C25H28N4O2/c1-27-24(15-23(26-27)19-8-5-9-22(14-19)31-2)25(30)29-13-11-21(17-29)28-12-10-18-6-3-4-7-20(18)16-28/h3-9,14-15,21H,10-13,16-17H2,1-2H3. The predicted molar refractivity (Wildman–Crippen MR) is 120 cm³/mol. The molecule has 1 unspecified atom stereocenters. The molecule has 1 saturated heterocycles. The van der Waals surface area contributed by atoms with E-state index < -0.39 is 0 Å². The van der Waals surface area contributed by atoms with Crippen LogP contribution in [0, 0.1) is 0 Å². The number of carbonyl (C=O) groups excluding carboxylic acids is 1. The first-order valence-corrected chi connectivity index (χ1v) is 10.9. The Morgan fingerprint density at radius 3 is 2.74 bits per heavy atom. The van der Waals surface area contributed by atoms with Gasteiger partial charge in [0.1, 0.15) is 11.4 Å². The van der Waals surface area contributed by atoms with Gasteiger partial charge in [0.2, 0.25) is 0 Å². The van der Waals surface area contributed by atoms with Gasteiger partial charge in [0.05, 0.1) is 12.8 Å². The first kappa shape index (κ1) is 19.8. The molecular formula is C25H28N4O2. The summed E-state index contributed by atoms with van der Waals surface area (Å²) >= 11 is 0. The molecule has 160 valence electrons. The van der Waals surface area contributed by atoms with Crippen LogP contribution in [0.1, 0.15) is 28.0 Å². The third kappa shape index (κ3) is 3.83. The zero-order valence-electron chi connectivity index (χ0n) is 18.1. The van der Waals surface area contributed by atoms with Gasteiger partial charge in [-0.1, -0.05) is 36.4 Å². The molecule has 3 heterocycles. The third-order valence-corrected chi connectivity index (χ3v) is 6.59. The van der Waals surface area contributed by atoms with Crippen molar-refractivity contribution in [2.75, 3.05) is 26.7 Å². The minimum Gasteiger partial charge on any atom is -0.497 e. The molecule has 0 aliphatic carbocycles. The lowest BCUT2D eigenvalue weighted by atomic mass is 9.98. The molecule has 6 heteroatoms. The van der Waals surface area contributed by atoms with Gasteiger partial charge in [0, 0.05) is 44.8 Å². The number of methoxy groups -OCH3 is 1. The van der Waals surface area contributed by atoms with E-state index in [1.165, 1.54) is 11.1 Å². The fourth-order valence-electron chi connectivity index (χ4n) is 4.81. The van der Waals surface area contributed by atoms with Crippen molar-refractivity contribution >= 4 is 5.91 Å². The Balaban J connectivity index is 1.29. The Labute approximate surface area is 183 Å². The van der Waals surface area contributed by atoms with Crippen molar-refractivity contribution in [2.24, 2.45) is 7.05 Å². The number of fused-ring (bicyclic) bond motifs is 1. The summed E-state index contributed by atoms with van der Waals surface area (Å²) in [5, 5.41) is 4.59. The van der Waals surface area contributed by atoms with Gasteiger partial charge in [-0.15, -0.1) is 0 Å². The quantitative estimate of drug-likeness (QED) is 0.654. The van der Waals surface area contributed by atoms with Crippen LogP contribution >= 0.6 is 0 Å². The van der Waals surface area contributed by atoms with Crippen LogP contribution in [0.4, 0.5) is 0 Å². The van der Waals surface area contributed by atoms with Crippen LogP contribution in [0.25, 0.3) is 11.3 Å². The Morgan fingerprint density at radius 1 is 1.06 bits per heavy atom. The second-order valence-electron chi connectivity index (χ2n) is 8.45. The van der Waals surface area contributed by atoms with Gasteiger partial charge in [0.15, 0.2) is 0 Å². The third-order valence-electron chi connectivity index (χ3n) is 6.59. The van der Waals surface area contributed by atoms with E-state index >= 15 is 0 Å². The summed E-state index contributed by atoms with van der Waals surface area (Å²) in [5.74, 6) is 0.838. The maximum absolute atomic E-state index is 13.3. The number of rotatable bonds is 4. The molecule has 31 heavy (non-hydrogen) atoms. The smallest absolute Gasteiger partial charge is 0.272 e. The predicted octanol–water partition coefficient (Wildman–Crippen LogP) is 3.37. The fourth-order valence-corrected chi connectivity index (χ4v) is 4.81. The van der Waals surface area contributed by atoms with Crippen molar-refractivity contribution in [3.05, 3.63) is 71.4 Å². The molecule has 1 aromatic heterocycles. The molecule has 2 aliphatic rings. The van der Waals surface area contributed by atoms with E-state index in [4.69, 9.17) is 4.74 Å². The molecule has 0 bridgehead atoms. The second kappa shape index (κ2) is 8.19. The Kier molecular flexibility index (Phi) is 5.24. The van der Waals surface area contributed by atoms with E-state index in [0.717, 1.165) is 56.0 Å². The minimum atomic E-state index is 0.0593. The largest absolute Gasteiger partial charge is 0.497 e.